The van der Waals surface area contributed by atoms with Gasteiger partial charge in [0.05, 0.1) is 17.4 Å². The molecule has 0 saturated heterocycles. The third-order valence-electron chi connectivity index (χ3n) is 4.42. The molecule has 140 valence electrons. The summed E-state index contributed by atoms with van der Waals surface area (Å²) < 4.78 is 29.7. The highest BCUT2D eigenvalue weighted by molar-refractivity contribution is 7.92. The van der Waals surface area contributed by atoms with Crippen molar-refractivity contribution in [1.29, 1.82) is 0 Å². The van der Waals surface area contributed by atoms with Crippen molar-refractivity contribution in [3.8, 4) is 0 Å². The van der Waals surface area contributed by atoms with Crippen molar-refractivity contribution >= 4 is 26.6 Å². The predicted molar refractivity (Wildman–Crippen MR) is 102 cm³/mol. The minimum Gasteiger partial charge on any atom is -0.396 e. The number of fused-ring (bicyclic) bond motifs is 1. The fraction of sp³-hybridized carbons (Fsp3) is 0.389. The van der Waals surface area contributed by atoms with Gasteiger partial charge in [0.2, 0.25) is 0 Å². The number of aromatic nitrogens is 3. The van der Waals surface area contributed by atoms with E-state index < -0.39 is 10.0 Å². The number of anilines is 1. The van der Waals surface area contributed by atoms with Gasteiger partial charge in [-0.25, -0.2) is 8.42 Å². The van der Waals surface area contributed by atoms with Crippen LogP contribution in [-0.2, 0) is 16.6 Å². The lowest BCUT2D eigenvalue weighted by molar-refractivity contribution is 0.136. The van der Waals surface area contributed by atoms with Gasteiger partial charge in [0.1, 0.15) is 4.90 Å². The molecule has 2 aromatic heterocycles. The van der Waals surface area contributed by atoms with Crippen molar-refractivity contribution in [1.82, 2.24) is 14.8 Å². The number of aliphatic hydroxyl groups excluding tert-OH is 1. The van der Waals surface area contributed by atoms with E-state index in [1.807, 2.05) is 40.0 Å². The van der Waals surface area contributed by atoms with Crippen LogP contribution in [0, 0.1) is 19.3 Å². The molecule has 0 fully saturated rings. The zero-order valence-electron chi connectivity index (χ0n) is 15.4. The van der Waals surface area contributed by atoms with Crippen LogP contribution in [0.5, 0.6) is 0 Å². The summed E-state index contributed by atoms with van der Waals surface area (Å²) in [6.45, 7) is 8.16. The standard InChI is InChI=1S/C18H24N4O3S/c1-12-5-6-15(17-16(12)13(2)7-19-17)21-26(24,25)14-8-20-22(9-14)10-18(3,4)11-23/h5-9,19,21,23H,10-11H2,1-4H3. The summed E-state index contributed by atoms with van der Waals surface area (Å²) >= 11 is 0. The topological polar surface area (TPSA) is 100 Å². The van der Waals surface area contributed by atoms with Crippen LogP contribution in [0.1, 0.15) is 25.0 Å². The molecule has 0 aliphatic heterocycles. The maximum Gasteiger partial charge on any atom is 0.265 e. The minimum absolute atomic E-state index is 0.0132. The smallest absolute Gasteiger partial charge is 0.265 e. The summed E-state index contributed by atoms with van der Waals surface area (Å²) in [7, 11) is -3.77. The molecule has 0 saturated carbocycles. The summed E-state index contributed by atoms with van der Waals surface area (Å²) in [5.41, 5.74) is 3.03. The number of benzene rings is 1. The Morgan fingerprint density at radius 1 is 1.27 bits per heavy atom. The Morgan fingerprint density at radius 2 is 2.00 bits per heavy atom. The van der Waals surface area contributed by atoms with Crippen molar-refractivity contribution in [2.75, 3.05) is 11.3 Å². The molecule has 0 bridgehead atoms. The van der Waals surface area contributed by atoms with E-state index in [1.165, 1.54) is 17.1 Å². The van der Waals surface area contributed by atoms with Crippen LogP contribution in [0.15, 0.2) is 35.6 Å². The predicted octanol–water partition coefficient (Wildman–Crippen LogP) is 2.80. The number of rotatable bonds is 6. The first-order chi connectivity index (χ1) is 12.1. The molecule has 2 heterocycles. The molecular weight excluding hydrogens is 352 g/mol. The van der Waals surface area contributed by atoms with Crippen LogP contribution in [0.2, 0.25) is 0 Å². The largest absolute Gasteiger partial charge is 0.396 e. The normalized spacial score (nSPS) is 12.7. The van der Waals surface area contributed by atoms with E-state index in [0.29, 0.717) is 12.2 Å². The first-order valence-corrected chi connectivity index (χ1v) is 9.85. The van der Waals surface area contributed by atoms with Gasteiger partial charge in [-0.1, -0.05) is 19.9 Å². The average molecular weight is 376 g/mol. The van der Waals surface area contributed by atoms with Gasteiger partial charge in [-0.2, -0.15) is 5.10 Å². The van der Waals surface area contributed by atoms with Crippen LogP contribution in [0.4, 0.5) is 5.69 Å². The molecule has 0 aliphatic rings. The van der Waals surface area contributed by atoms with Gasteiger partial charge >= 0.3 is 0 Å². The first kappa shape index (κ1) is 18.5. The molecule has 26 heavy (non-hydrogen) atoms. The number of sulfonamides is 1. The Labute approximate surface area is 153 Å². The van der Waals surface area contributed by atoms with Crippen LogP contribution < -0.4 is 4.72 Å². The highest BCUT2D eigenvalue weighted by Crippen LogP contribution is 2.29. The van der Waals surface area contributed by atoms with Gasteiger partial charge < -0.3 is 10.1 Å². The fourth-order valence-corrected chi connectivity index (χ4v) is 3.99. The molecule has 0 radical (unpaired) electrons. The molecule has 1 aromatic carbocycles. The zero-order valence-corrected chi connectivity index (χ0v) is 16.2. The van der Waals surface area contributed by atoms with Gasteiger partial charge in [-0.3, -0.25) is 9.40 Å². The lowest BCUT2D eigenvalue weighted by Crippen LogP contribution is -2.24. The fourth-order valence-electron chi connectivity index (χ4n) is 2.96. The summed E-state index contributed by atoms with van der Waals surface area (Å²) in [5, 5.41) is 14.5. The summed E-state index contributed by atoms with van der Waals surface area (Å²) in [5.74, 6) is 0. The minimum atomic E-state index is -3.77. The highest BCUT2D eigenvalue weighted by atomic mass is 32.2. The van der Waals surface area contributed by atoms with Crippen molar-refractivity contribution in [2.45, 2.75) is 39.1 Å². The van der Waals surface area contributed by atoms with E-state index in [9.17, 15) is 13.5 Å². The van der Waals surface area contributed by atoms with E-state index in [-0.39, 0.29) is 16.9 Å². The van der Waals surface area contributed by atoms with E-state index in [1.54, 1.807) is 6.07 Å². The molecule has 3 aromatic rings. The summed E-state index contributed by atoms with van der Waals surface area (Å²) in [4.78, 5) is 3.23. The number of hydrogen-bond donors (Lipinski definition) is 3. The monoisotopic (exact) mass is 376 g/mol. The van der Waals surface area contributed by atoms with Crippen LogP contribution >= 0.6 is 0 Å². The van der Waals surface area contributed by atoms with Crippen LogP contribution in [-0.4, -0.2) is 34.9 Å². The molecular formula is C18H24N4O3S. The lowest BCUT2D eigenvalue weighted by Gasteiger charge is -2.20. The van der Waals surface area contributed by atoms with Gasteiger partial charge in [-0.05, 0) is 31.0 Å². The third-order valence-corrected chi connectivity index (χ3v) is 5.74. The van der Waals surface area contributed by atoms with Gasteiger partial charge in [-0.15, -0.1) is 0 Å². The quantitative estimate of drug-likeness (QED) is 0.616. The van der Waals surface area contributed by atoms with E-state index in [0.717, 1.165) is 22.0 Å². The number of aromatic amines is 1. The first-order valence-electron chi connectivity index (χ1n) is 8.36. The SMILES string of the molecule is Cc1ccc(NS(=O)(=O)c2cnn(CC(C)(C)CO)c2)c2[nH]cc(C)c12. The molecule has 8 heteroatoms. The van der Waals surface area contributed by atoms with Crippen LogP contribution in [0.25, 0.3) is 10.9 Å². The van der Waals surface area contributed by atoms with Crippen molar-refractivity contribution in [3.05, 3.63) is 41.9 Å². The average Bonchev–Trinajstić information content (AvgIpc) is 3.18. The van der Waals surface area contributed by atoms with E-state index in [2.05, 4.69) is 14.8 Å². The maximum absolute atomic E-state index is 12.8. The Kier molecular flexibility index (Phi) is 4.58. The third kappa shape index (κ3) is 3.47. The molecule has 3 rings (SSSR count). The van der Waals surface area contributed by atoms with Crippen LogP contribution in [0.3, 0.4) is 0 Å². The molecule has 0 spiro atoms. The molecule has 0 aliphatic carbocycles. The van der Waals surface area contributed by atoms with Crippen molar-refractivity contribution in [2.24, 2.45) is 5.41 Å². The van der Waals surface area contributed by atoms with Gasteiger partial charge in [0.25, 0.3) is 10.0 Å². The molecule has 0 amide bonds. The second-order valence-corrected chi connectivity index (χ2v) is 9.14. The summed E-state index contributed by atoms with van der Waals surface area (Å²) in [6, 6.07) is 3.65. The highest BCUT2D eigenvalue weighted by Gasteiger charge is 2.22. The second-order valence-electron chi connectivity index (χ2n) is 7.45. The van der Waals surface area contributed by atoms with Gasteiger partial charge in [0.15, 0.2) is 0 Å². The molecule has 0 atom stereocenters. The number of nitrogens with zero attached hydrogens (tertiary/aromatic N) is 2. The number of aliphatic hydroxyl groups is 1. The zero-order chi connectivity index (χ0) is 19.1. The number of H-pyrrole nitrogens is 1. The number of nitrogens with one attached hydrogen (secondary N) is 2. The Bertz CT molecular complexity index is 1050. The second kappa shape index (κ2) is 6.44. The molecule has 7 nitrogen and oxygen atoms in total. The molecule has 3 N–H and O–H groups in total. The van der Waals surface area contributed by atoms with Crippen molar-refractivity contribution in [3.63, 3.8) is 0 Å². The lowest BCUT2D eigenvalue weighted by atomic mass is 9.95. The van der Waals surface area contributed by atoms with Gasteiger partial charge in [0, 0.05) is 36.3 Å². The van der Waals surface area contributed by atoms with E-state index >= 15 is 0 Å². The van der Waals surface area contributed by atoms with E-state index in [4.69, 9.17) is 0 Å². The Hall–Kier alpha value is -2.32. The number of aryl methyl sites for hydroxylation is 2. The number of hydrogen-bond acceptors (Lipinski definition) is 4. The van der Waals surface area contributed by atoms with Crippen molar-refractivity contribution < 1.29 is 13.5 Å². The maximum atomic E-state index is 12.8. The molecule has 0 unspecified atom stereocenters. The Balaban J connectivity index is 1.91. The Morgan fingerprint density at radius 3 is 2.69 bits per heavy atom. The summed E-state index contributed by atoms with van der Waals surface area (Å²) in [6.07, 6.45) is 4.66.